The number of non-ortho nitro benzene ring substituents is 1. The maximum atomic E-state index is 12.4. The van der Waals surface area contributed by atoms with Crippen LogP contribution in [0.15, 0.2) is 59.5 Å². The molecule has 0 saturated carbocycles. The van der Waals surface area contributed by atoms with Gasteiger partial charge >= 0.3 is 0 Å². The minimum Gasteiger partial charge on any atom is -0.323 e. The van der Waals surface area contributed by atoms with Gasteiger partial charge in [-0.1, -0.05) is 13.8 Å². The number of rotatable bonds is 8. The molecule has 0 unspecified atom stereocenters. The fraction of sp³-hybridized carbons (Fsp3) is 0.211. The van der Waals surface area contributed by atoms with E-state index in [1.807, 2.05) is 0 Å². The lowest BCUT2D eigenvalue weighted by Crippen LogP contribution is -2.30. The number of carbonyl (C=O) groups excluding carboxylic acids is 1. The van der Waals surface area contributed by atoms with Gasteiger partial charge in [-0.3, -0.25) is 14.9 Å². The summed E-state index contributed by atoms with van der Waals surface area (Å²) in [5, 5.41) is 13.3. The number of nitrogens with one attached hydrogen (secondary N) is 1. The van der Waals surface area contributed by atoms with Crippen molar-refractivity contribution in [2.24, 2.45) is 0 Å². The Morgan fingerprint density at radius 1 is 1.07 bits per heavy atom. The third kappa shape index (κ3) is 5.24. The first-order chi connectivity index (χ1) is 13.3. The van der Waals surface area contributed by atoms with Crippen molar-refractivity contribution in [3.8, 4) is 0 Å². The first-order valence-corrected chi connectivity index (χ1v) is 10.1. The molecule has 0 heterocycles. The summed E-state index contributed by atoms with van der Waals surface area (Å²) in [4.78, 5) is 22.3. The van der Waals surface area contributed by atoms with E-state index >= 15 is 0 Å². The van der Waals surface area contributed by atoms with Crippen molar-refractivity contribution in [3.63, 3.8) is 0 Å². The molecule has 0 fully saturated rings. The summed E-state index contributed by atoms with van der Waals surface area (Å²) in [7, 11) is -3.54. The summed E-state index contributed by atoms with van der Waals surface area (Å²) in [6.45, 7) is 4.30. The molecule has 0 radical (unpaired) electrons. The summed E-state index contributed by atoms with van der Waals surface area (Å²) in [5.74, 6) is -0.405. The lowest BCUT2D eigenvalue weighted by molar-refractivity contribution is -0.384. The monoisotopic (exact) mass is 403 g/mol. The Hall–Kier alpha value is -3.04. The average Bonchev–Trinajstić information content (AvgIpc) is 2.68. The molecule has 0 atom stereocenters. The topological polar surface area (TPSA) is 110 Å². The molecule has 1 amide bonds. The molecule has 148 valence electrons. The zero-order valence-electron chi connectivity index (χ0n) is 15.5. The number of anilines is 1. The van der Waals surface area contributed by atoms with Gasteiger partial charge in [-0.25, -0.2) is 8.42 Å². The van der Waals surface area contributed by atoms with E-state index in [0.717, 1.165) is 0 Å². The van der Waals surface area contributed by atoms with E-state index in [-0.39, 0.29) is 10.6 Å². The Labute approximate surface area is 163 Å². The van der Waals surface area contributed by atoms with Gasteiger partial charge in [0.15, 0.2) is 0 Å². The quantitative estimate of drug-likeness (QED) is 0.413. The van der Waals surface area contributed by atoms with Gasteiger partial charge in [0, 0.05) is 37.0 Å². The fourth-order valence-electron chi connectivity index (χ4n) is 2.49. The maximum Gasteiger partial charge on any atom is 0.269 e. The van der Waals surface area contributed by atoms with Crippen LogP contribution in [0.2, 0.25) is 0 Å². The van der Waals surface area contributed by atoms with Crippen LogP contribution in [0.5, 0.6) is 0 Å². The molecule has 2 aromatic rings. The minimum absolute atomic E-state index is 0.0265. The number of sulfonamides is 1. The molecule has 0 aliphatic carbocycles. The zero-order valence-corrected chi connectivity index (χ0v) is 16.3. The molecule has 8 nitrogen and oxygen atoms in total. The van der Waals surface area contributed by atoms with Crippen LogP contribution in [0.3, 0.4) is 0 Å². The van der Waals surface area contributed by atoms with E-state index < -0.39 is 20.9 Å². The number of nitro benzene ring substituents is 1. The number of nitro groups is 1. The minimum atomic E-state index is -3.54. The van der Waals surface area contributed by atoms with Gasteiger partial charge in [0.05, 0.1) is 9.82 Å². The molecular weight excluding hydrogens is 382 g/mol. The SMILES string of the molecule is CCN(CC)S(=O)(=O)c1ccc(NC(=O)/C=C/c2ccc([N+](=O)[O-])cc2)cc1. The zero-order chi connectivity index (χ0) is 20.7. The number of hydrogen-bond acceptors (Lipinski definition) is 5. The summed E-state index contributed by atoms with van der Waals surface area (Å²) in [6.07, 6.45) is 2.82. The van der Waals surface area contributed by atoms with Gasteiger partial charge in [0.2, 0.25) is 15.9 Å². The Balaban J connectivity index is 2.03. The van der Waals surface area contributed by atoms with Crippen molar-refractivity contribution in [1.29, 1.82) is 0 Å². The molecule has 0 bridgehead atoms. The number of nitrogens with zero attached hydrogens (tertiary/aromatic N) is 2. The van der Waals surface area contributed by atoms with Crippen molar-refractivity contribution < 1.29 is 18.1 Å². The Morgan fingerprint density at radius 2 is 1.64 bits per heavy atom. The van der Waals surface area contributed by atoms with Crippen LogP contribution in [-0.2, 0) is 14.8 Å². The van der Waals surface area contributed by atoms with E-state index in [2.05, 4.69) is 5.32 Å². The second-order valence-corrected chi connectivity index (χ2v) is 7.72. The van der Waals surface area contributed by atoms with E-state index in [9.17, 15) is 23.3 Å². The maximum absolute atomic E-state index is 12.4. The molecule has 0 aliphatic heterocycles. The first-order valence-electron chi connectivity index (χ1n) is 8.61. The number of amides is 1. The summed E-state index contributed by atoms with van der Waals surface area (Å²) >= 11 is 0. The normalized spacial score (nSPS) is 11.7. The highest BCUT2D eigenvalue weighted by atomic mass is 32.2. The first kappa shape index (κ1) is 21.3. The van der Waals surface area contributed by atoms with Crippen molar-refractivity contribution in [1.82, 2.24) is 4.31 Å². The number of benzene rings is 2. The summed E-state index contributed by atoms with van der Waals surface area (Å²) < 4.78 is 26.2. The van der Waals surface area contributed by atoms with Gasteiger partial charge in [0.25, 0.3) is 5.69 Å². The highest BCUT2D eigenvalue weighted by Gasteiger charge is 2.21. The Bertz CT molecular complexity index is 964. The number of carbonyl (C=O) groups is 1. The van der Waals surface area contributed by atoms with Gasteiger partial charge in [-0.2, -0.15) is 4.31 Å². The molecule has 2 aromatic carbocycles. The molecular formula is C19H21N3O5S. The van der Waals surface area contributed by atoms with Crippen molar-refractivity contribution in [3.05, 3.63) is 70.3 Å². The molecule has 2 rings (SSSR count). The molecule has 0 aliphatic rings. The van der Waals surface area contributed by atoms with Gasteiger partial charge < -0.3 is 5.32 Å². The lowest BCUT2D eigenvalue weighted by Gasteiger charge is -2.18. The third-order valence-corrected chi connectivity index (χ3v) is 6.06. The molecule has 1 N–H and O–H groups in total. The highest BCUT2D eigenvalue weighted by molar-refractivity contribution is 7.89. The smallest absolute Gasteiger partial charge is 0.269 e. The van der Waals surface area contributed by atoms with E-state index in [1.165, 1.54) is 65.0 Å². The van der Waals surface area contributed by atoms with Crippen molar-refractivity contribution >= 4 is 33.4 Å². The lowest BCUT2D eigenvalue weighted by atomic mass is 10.2. The third-order valence-electron chi connectivity index (χ3n) is 4.00. The summed E-state index contributed by atoms with van der Waals surface area (Å²) in [6, 6.07) is 11.7. The van der Waals surface area contributed by atoms with Crippen molar-refractivity contribution in [2.75, 3.05) is 18.4 Å². The second kappa shape index (κ2) is 9.25. The molecule has 0 spiro atoms. The predicted octanol–water partition coefficient (Wildman–Crippen LogP) is 3.28. The molecule has 0 aromatic heterocycles. The summed E-state index contributed by atoms with van der Waals surface area (Å²) in [5.41, 5.74) is 1.07. The van der Waals surface area contributed by atoms with E-state index in [4.69, 9.17) is 0 Å². The van der Waals surface area contributed by atoms with Gasteiger partial charge in [-0.15, -0.1) is 0 Å². The van der Waals surface area contributed by atoms with Gasteiger partial charge in [0.1, 0.15) is 0 Å². The molecule has 28 heavy (non-hydrogen) atoms. The highest BCUT2D eigenvalue weighted by Crippen LogP contribution is 2.18. The molecule has 9 heteroatoms. The van der Waals surface area contributed by atoms with Crippen LogP contribution in [0.4, 0.5) is 11.4 Å². The van der Waals surface area contributed by atoms with Crippen LogP contribution in [0, 0.1) is 10.1 Å². The van der Waals surface area contributed by atoms with E-state index in [1.54, 1.807) is 13.8 Å². The standard InChI is InChI=1S/C19H21N3O5S/c1-3-21(4-2)28(26,27)18-12-8-16(9-13-18)20-19(23)14-7-15-5-10-17(11-6-15)22(24)25/h5-14H,3-4H2,1-2H3,(H,20,23)/b14-7+. The largest absolute Gasteiger partial charge is 0.323 e. The van der Waals surface area contributed by atoms with Crippen LogP contribution in [-0.4, -0.2) is 36.6 Å². The Kier molecular flexibility index (Phi) is 7.02. The average molecular weight is 403 g/mol. The van der Waals surface area contributed by atoms with Crippen molar-refractivity contribution in [2.45, 2.75) is 18.7 Å². The van der Waals surface area contributed by atoms with Crippen LogP contribution in [0.25, 0.3) is 6.08 Å². The van der Waals surface area contributed by atoms with E-state index in [0.29, 0.717) is 24.3 Å². The van der Waals surface area contributed by atoms with Crippen LogP contribution in [0.1, 0.15) is 19.4 Å². The van der Waals surface area contributed by atoms with Crippen LogP contribution >= 0.6 is 0 Å². The number of hydrogen-bond donors (Lipinski definition) is 1. The Morgan fingerprint density at radius 3 is 2.14 bits per heavy atom. The second-order valence-electron chi connectivity index (χ2n) is 5.78. The van der Waals surface area contributed by atoms with Crippen LogP contribution < -0.4 is 5.32 Å². The van der Waals surface area contributed by atoms with Gasteiger partial charge in [-0.05, 0) is 48.0 Å². The molecule has 0 saturated heterocycles. The fourth-order valence-corrected chi connectivity index (χ4v) is 3.94. The predicted molar refractivity (Wildman–Crippen MR) is 107 cm³/mol.